The summed E-state index contributed by atoms with van der Waals surface area (Å²) in [6, 6.07) is 6.13. The van der Waals surface area contributed by atoms with Crippen molar-refractivity contribution < 1.29 is 22.7 Å². The summed E-state index contributed by atoms with van der Waals surface area (Å²) in [6.07, 6.45) is 1.43. The van der Waals surface area contributed by atoms with E-state index in [-0.39, 0.29) is 15.5 Å². The monoisotopic (exact) mass is 329 g/mol. The molecule has 0 amide bonds. The van der Waals surface area contributed by atoms with Crippen LogP contribution in [0.4, 0.5) is 0 Å². The van der Waals surface area contributed by atoms with Gasteiger partial charge in [-0.15, -0.1) is 0 Å². The molecular formula is C13H12ClNO5S. The van der Waals surface area contributed by atoms with Crippen molar-refractivity contribution in [3.05, 3.63) is 52.9 Å². The minimum atomic E-state index is -3.98. The van der Waals surface area contributed by atoms with E-state index in [4.69, 9.17) is 21.1 Å². The highest BCUT2D eigenvalue weighted by molar-refractivity contribution is 7.89. The molecule has 2 N–H and O–H groups in total. The topological polar surface area (TPSA) is 96.6 Å². The second kappa shape index (κ2) is 5.88. The molecule has 6 nitrogen and oxygen atoms in total. The molecule has 2 aromatic rings. The number of carboxylic acid groups (broad SMARTS) is 1. The molecule has 1 heterocycles. The van der Waals surface area contributed by atoms with Gasteiger partial charge in [-0.25, -0.2) is 17.9 Å². The smallest absolute Gasteiger partial charge is 0.335 e. The van der Waals surface area contributed by atoms with Crippen LogP contribution in [-0.2, 0) is 10.0 Å². The molecule has 0 bridgehead atoms. The number of hydrogen-bond acceptors (Lipinski definition) is 4. The second-order valence-corrected chi connectivity index (χ2v) is 6.40. The Balaban J connectivity index is 2.35. The lowest BCUT2D eigenvalue weighted by Crippen LogP contribution is -2.27. The van der Waals surface area contributed by atoms with Crippen LogP contribution < -0.4 is 4.72 Å². The molecule has 0 saturated carbocycles. The average Bonchev–Trinajstić information content (AvgIpc) is 2.92. The molecule has 0 aliphatic rings. The summed E-state index contributed by atoms with van der Waals surface area (Å²) in [7, 11) is -3.98. The fraction of sp³-hybridized carbons (Fsp3) is 0.154. The van der Waals surface area contributed by atoms with Crippen molar-refractivity contribution in [1.29, 1.82) is 0 Å². The molecule has 1 atom stereocenters. The maximum atomic E-state index is 12.3. The van der Waals surface area contributed by atoms with Gasteiger partial charge in [0.15, 0.2) is 0 Å². The van der Waals surface area contributed by atoms with E-state index >= 15 is 0 Å². The molecule has 0 aliphatic heterocycles. The van der Waals surface area contributed by atoms with Gasteiger partial charge in [0.05, 0.1) is 22.9 Å². The molecular weight excluding hydrogens is 318 g/mol. The number of carboxylic acids is 1. The first-order valence-corrected chi connectivity index (χ1v) is 7.76. The van der Waals surface area contributed by atoms with Crippen molar-refractivity contribution in [2.24, 2.45) is 0 Å². The van der Waals surface area contributed by atoms with E-state index in [9.17, 15) is 13.2 Å². The lowest BCUT2D eigenvalue weighted by Gasteiger charge is -2.13. The third-order valence-corrected chi connectivity index (χ3v) is 4.79. The van der Waals surface area contributed by atoms with Crippen LogP contribution in [0.25, 0.3) is 0 Å². The maximum Gasteiger partial charge on any atom is 0.335 e. The fourth-order valence-corrected chi connectivity index (χ4v) is 3.47. The Morgan fingerprint density at radius 3 is 2.67 bits per heavy atom. The summed E-state index contributed by atoms with van der Waals surface area (Å²) in [5.41, 5.74) is -0.162. The first-order chi connectivity index (χ1) is 9.81. The highest BCUT2D eigenvalue weighted by atomic mass is 35.5. The minimum Gasteiger partial charge on any atom is -0.478 e. The van der Waals surface area contributed by atoms with Crippen molar-refractivity contribution >= 4 is 27.6 Å². The van der Waals surface area contributed by atoms with Crippen molar-refractivity contribution in [3.63, 3.8) is 0 Å². The standard InChI is InChI=1S/C13H12ClNO5S/c1-8(11-3-2-6-20-11)15-21(18,19)12-7-9(13(16)17)4-5-10(12)14/h2-8,15H,1H3,(H,16,17)/t8-/m1/s1. The van der Waals surface area contributed by atoms with Crippen LogP contribution in [-0.4, -0.2) is 19.5 Å². The van der Waals surface area contributed by atoms with Gasteiger partial charge in [0, 0.05) is 0 Å². The minimum absolute atomic E-state index is 0.0563. The van der Waals surface area contributed by atoms with Gasteiger partial charge < -0.3 is 9.52 Å². The van der Waals surface area contributed by atoms with E-state index in [1.54, 1.807) is 19.1 Å². The average molecular weight is 330 g/mol. The summed E-state index contributed by atoms with van der Waals surface area (Å²) in [5.74, 6) is -0.800. The molecule has 21 heavy (non-hydrogen) atoms. The highest BCUT2D eigenvalue weighted by Gasteiger charge is 2.23. The number of furan rings is 1. The third kappa shape index (κ3) is 3.44. The summed E-state index contributed by atoms with van der Waals surface area (Å²) in [6.45, 7) is 1.60. The van der Waals surface area contributed by atoms with Gasteiger partial charge in [0.2, 0.25) is 10.0 Å². The Labute approximate surface area is 126 Å². The number of halogens is 1. The van der Waals surface area contributed by atoms with E-state index in [1.165, 1.54) is 18.4 Å². The molecule has 1 aromatic heterocycles. The molecule has 0 unspecified atom stereocenters. The van der Waals surface area contributed by atoms with Crippen LogP contribution in [0.5, 0.6) is 0 Å². The summed E-state index contributed by atoms with van der Waals surface area (Å²) in [4.78, 5) is 10.6. The Kier molecular flexibility index (Phi) is 4.36. The first kappa shape index (κ1) is 15.6. The van der Waals surface area contributed by atoms with Gasteiger partial charge in [-0.3, -0.25) is 0 Å². The lowest BCUT2D eigenvalue weighted by atomic mass is 10.2. The van der Waals surface area contributed by atoms with Crippen LogP contribution in [0.1, 0.15) is 29.1 Å². The maximum absolute atomic E-state index is 12.3. The molecule has 8 heteroatoms. The predicted molar refractivity (Wildman–Crippen MR) is 75.9 cm³/mol. The van der Waals surface area contributed by atoms with E-state index in [1.807, 2.05) is 0 Å². The molecule has 0 spiro atoms. The number of carbonyl (C=O) groups is 1. The summed E-state index contributed by atoms with van der Waals surface area (Å²) < 4.78 is 32.1. The molecule has 2 rings (SSSR count). The first-order valence-electron chi connectivity index (χ1n) is 5.90. The van der Waals surface area contributed by atoms with Gasteiger partial charge in [-0.1, -0.05) is 11.6 Å². The van der Waals surface area contributed by atoms with E-state index < -0.39 is 22.0 Å². The van der Waals surface area contributed by atoms with E-state index in [0.717, 1.165) is 6.07 Å². The Bertz CT molecular complexity index is 755. The number of benzene rings is 1. The molecule has 0 radical (unpaired) electrons. The van der Waals surface area contributed by atoms with Gasteiger partial charge in [0.1, 0.15) is 10.7 Å². The Morgan fingerprint density at radius 1 is 1.38 bits per heavy atom. The van der Waals surface area contributed by atoms with E-state index in [2.05, 4.69) is 4.72 Å². The van der Waals surface area contributed by atoms with Crippen LogP contribution in [0, 0.1) is 0 Å². The molecule has 112 valence electrons. The van der Waals surface area contributed by atoms with Gasteiger partial charge in [0.25, 0.3) is 0 Å². The zero-order chi connectivity index (χ0) is 15.6. The highest BCUT2D eigenvalue weighted by Crippen LogP contribution is 2.25. The normalized spacial score (nSPS) is 13.0. The second-order valence-electron chi connectivity index (χ2n) is 4.31. The molecule has 0 fully saturated rings. The SMILES string of the molecule is C[C@@H](NS(=O)(=O)c1cc(C(=O)O)ccc1Cl)c1ccco1. The van der Waals surface area contributed by atoms with Crippen molar-refractivity contribution in [1.82, 2.24) is 4.72 Å². The van der Waals surface area contributed by atoms with Gasteiger partial charge >= 0.3 is 5.97 Å². The Morgan fingerprint density at radius 2 is 2.10 bits per heavy atom. The van der Waals surface area contributed by atoms with Crippen molar-refractivity contribution in [2.45, 2.75) is 17.9 Å². The number of hydrogen-bond donors (Lipinski definition) is 2. The summed E-state index contributed by atoms with van der Waals surface area (Å²) in [5, 5.41) is 8.87. The third-order valence-electron chi connectivity index (χ3n) is 2.77. The van der Waals surface area contributed by atoms with Crippen molar-refractivity contribution in [3.8, 4) is 0 Å². The van der Waals surface area contributed by atoms with Gasteiger partial charge in [-0.05, 0) is 37.3 Å². The fourth-order valence-electron chi connectivity index (χ4n) is 1.73. The van der Waals surface area contributed by atoms with Gasteiger partial charge in [-0.2, -0.15) is 0 Å². The predicted octanol–water partition coefficient (Wildman–Crippen LogP) is 2.67. The van der Waals surface area contributed by atoms with E-state index in [0.29, 0.717) is 5.76 Å². The molecule has 1 aromatic carbocycles. The lowest BCUT2D eigenvalue weighted by molar-refractivity contribution is 0.0696. The quantitative estimate of drug-likeness (QED) is 0.879. The number of aromatic carboxylic acids is 1. The Hall–Kier alpha value is -1.83. The zero-order valence-corrected chi connectivity index (χ0v) is 12.5. The van der Waals surface area contributed by atoms with Crippen LogP contribution in [0.2, 0.25) is 5.02 Å². The van der Waals surface area contributed by atoms with Crippen molar-refractivity contribution in [2.75, 3.05) is 0 Å². The molecule has 0 aliphatic carbocycles. The molecule has 0 saturated heterocycles. The zero-order valence-electron chi connectivity index (χ0n) is 10.9. The number of nitrogens with one attached hydrogen (secondary N) is 1. The van der Waals surface area contributed by atoms with Crippen LogP contribution in [0.3, 0.4) is 0 Å². The summed E-state index contributed by atoms with van der Waals surface area (Å²) >= 11 is 5.86. The van der Waals surface area contributed by atoms with Crippen LogP contribution >= 0.6 is 11.6 Å². The largest absolute Gasteiger partial charge is 0.478 e. The number of rotatable bonds is 5. The van der Waals surface area contributed by atoms with Crippen LogP contribution in [0.15, 0.2) is 45.9 Å². The number of sulfonamides is 1.